The summed E-state index contributed by atoms with van der Waals surface area (Å²) in [6.07, 6.45) is 1.55. The van der Waals surface area contributed by atoms with Gasteiger partial charge in [0.25, 0.3) is 5.91 Å². The third kappa shape index (κ3) is 5.12. The van der Waals surface area contributed by atoms with Gasteiger partial charge in [-0.05, 0) is 49.4 Å². The monoisotopic (exact) mass is 513 g/mol. The summed E-state index contributed by atoms with van der Waals surface area (Å²) in [5.41, 5.74) is 0.769. The van der Waals surface area contributed by atoms with Gasteiger partial charge in [0.15, 0.2) is 0 Å². The van der Waals surface area contributed by atoms with Gasteiger partial charge in [0.05, 0.1) is 22.1 Å². The quantitative estimate of drug-likeness (QED) is 0.371. The fraction of sp³-hybridized carbons (Fsp3) is 0.0800. The first kappa shape index (κ1) is 23.9. The number of hydrogen-bond donors (Lipinski definition) is 1. The third-order valence-electron chi connectivity index (χ3n) is 4.69. The number of furan rings is 1. The van der Waals surface area contributed by atoms with Gasteiger partial charge in [0.2, 0.25) is 0 Å². The van der Waals surface area contributed by atoms with Crippen molar-refractivity contribution in [3.05, 3.63) is 98.3 Å². The molecule has 0 bridgehead atoms. The SMILES string of the molecule is CCOC(=O)C1=C(O)/C(=C/c2ccc(-c3cccc(Cl)c3)o2)SC1=NC(=O)c1ccccc1Cl. The van der Waals surface area contributed by atoms with Crippen molar-refractivity contribution < 1.29 is 23.8 Å². The molecule has 0 saturated carbocycles. The molecular formula is C25H17Cl2NO5S. The Hall–Kier alpha value is -3.26. The topological polar surface area (TPSA) is 89.1 Å². The average Bonchev–Trinajstić information content (AvgIpc) is 3.39. The summed E-state index contributed by atoms with van der Waals surface area (Å²) in [5.74, 6) is -0.791. The van der Waals surface area contributed by atoms with Crippen molar-refractivity contribution in [2.75, 3.05) is 6.61 Å². The molecule has 2 heterocycles. The number of aliphatic imine (C=N–C) groups is 1. The molecule has 34 heavy (non-hydrogen) atoms. The zero-order valence-corrected chi connectivity index (χ0v) is 20.1. The van der Waals surface area contributed by atoms with Crippen LogP contribution in [0.1, 0.15) is 23.0 Å². The minimum absolute atomic E-state index is 0.00809. The number of thioether (sulfide) groups is 1. The van der Waals surface area contributed by atoms with Crippen molar-refractivity contribution >= 4 is 58.0 Å². The highest BCUT2D eigenvalue weighted by Crippen LogP contribution is 2.40. The average molecular weight is 514 g/mol. The summed E-state index contributed by atoms with van der Waals surface area (Å²) in [4.78, 5) is 29.6. The largest absolute Gasteiger partial charge is 0.506 e. The van der Waals surface area contributed by atoms with Gasteiger partial charge in [-0.3, -0.25) is 4.79 Å². The van der Waals surface area contributed by atoms with Crippen molar-refractivity contribution in [2.45, 2.75) is 6.92 Å². The molecule has 1 N–H and O–H groups in total. The fourth-order valence-electron chi connectivity index (χ4n) is 3.14. The van der Waals surface area contributed by atoms with E-state index in [0.29, 0.717) is 16.5 Å². The van der Waals surface area contributed by atoms with Crippen molar-refractivity contribution in [1.29, 1.82) is 0 Å². The maximum Gasteiger partial charge on any atom is 0.344 e. The Balaban J connectivity index is 1.69. The van der Waals surface area contributed by atoms with E-state index in [1.165, 1.54) is 6.07 Å². The predicted octanol–water partition coefficient (Wildman–Crippen LogP) is 6.96. The molecule has 0 saturated heterocycles. The Morgan fingerprint density at radius 2 is 1.91 bits per heavy atom. The van der Waals surface area contributed by atoms with Crippen LogP contribution in [-0.4, -0.2) is 28.6 Å². The second-order valence-electron chi connectivity index (χ2n) is 6.97. The Labute approximate surface area is 209 Å². The molecule has 0 aliphatic carbocycles. The fourth-order valence-corrected chi connectivity index (χ4v) is 4.54. The molecule has 3 aromatic rings. The number of rotatable bonds is 5. The van der Waals surface area contributed by atoms with Gasteiger partial charge in [0.1, 0.15) is 27.9 Å². The van der Waals surface area contributed by atoms with E-state index in [1.807, 2.05) is 12.1 Å². The summed E-state index contributed by atoms with van der Waals surface area (Å²) in [5, 5.41) is 11.6. The van der Waals surface area contributed by atoms with Gasteiger partial charge in [-0.2, -0.15) is 0 Å². The van der Waals surface area contributed by atoms with E-state index in [-0.39, 0.29) is 38.5 Å². The van der Waals surface area contributed by atoms with Crippen LogP contribution < -0.4 is 0 Å². The van der Waals surface area contributed by atoms with Crippen molar-refractivity contribution in [2.24, 2.45) is 4.99 Å². The number of aliphatic hydroxyl groups excluding tert-OH is 1. The van der Waals surface area contributed by atoms with E-state index in [0.717, 1.165) is 17.3 Å². The van der Waals surface area contributed by atoms with E-state index >= 15 is 0 Å². The molecule has 0 spiro atoms. The first-order valence-electron chi connectivity index (χ1n) is 10.1. The number of carbonyl (C=O) groups excluding carboxylic acids is 2. The number of ether oxygens (including phenoxy) is 1. The molecular weight excluding hydrogens is 497 g/mol. The summed E-state index contributed by atoms with van der Waals surface area (Å²) < 4.78 is 10.9. The van der Waals surface area contributed by atoms with Crippen LogP contribution in [0, 0.1) is 0 Å². The van der Waals surface area contributed by atoms with Crippen molar-refractivity contribution in [3.8, 4) is 11.3 Å². The number of carbonyl (C=O) groups is 2. The Bertz CT molecular complexity index is 1370. The Morgan fingerprint density at radius 3 is 2.65 bits per heavy atom. The van der Waals surface area contributed by atoms with Crippen LogP contribution in [0.4, 0.5) is 0 Å². The lowest BCUT2D eigenvalue weighted by atomic mass is 10.2. The van der Waals surface area contributed by atoms with E-state index < -0.39 is 11.9 Å². The Morgan fingerprint density at radius 1 is 1.12 bits per heavy atom. The van der Waals surface area contributed by atoms with Crippen LogP contribution in [0.15, 0.2) is 86.3 Å². The van der Waals surface area contributed by atoms with Crippen LogP contribution >= 0.6 is 35.0 Å². The van der Waals surface area contributed by atoms with Gasteiger partial charge in [-0.15, -0.1) is 0 Å². The summed E-state index contributed by atoms with van der Waals surface area (Å²) in [7, 11) is 0. The van der Waals surface area contributed by atoms with Crippen LogP contribution in [0.5, 0.6) is 0 Å². The number of hydrogen-bond acceptors (Lipinski definition) is 6. The molecule has 1 aliphatic rings. The third-order valence-corrected chi connectivity index (χ3v) is 6.27. The number of nitrogens with zero attached hydrogens (tertiary/aromatic N) is 1. The number of esters is 1. The first-order chi connectivity index (χ1) is 16.4. The molecule has 1 aromatic heterocycles. The lowest BCUT2D eigenvalue weighted by molar-refractivity contribution is -0.138. The lowest BCUT2D eigenvalue weighted by Crippen LogP contribution is -2.14. The number of aliphatic hydroxyl groups is 1. The summed E-state index contributed by atoms with van der Waals surface area (Å²) in [6.45, 7) is 1.73. The van der Waals surface area contributed by atoms with Crippen LogP contribution in [-0.2, 0) is 9.53 Å². The smallest absolute Gasteiger partial charge is 0.344 e. The molecule has 1 amide bonds. The van der Waals surface area contributed by atoms with E-state index in [9.17, 15) is 14.7 Å². The van der Waals surface area contributed by atoms with Crippen molar-refractivity contribution in [1.82, 2.24) is 0 Å². The minimum Gasteiger partial charge on any atom is -0.506 e. The van der Waals surface area contributed by atoms with Gasteiger partial charge < -0.3 is 14.3 Å². The number of benzene rings is 2. The standard InChI is InChI=1S/C25H17Cl2NO5S/c1-2-32-25(31)21-22(29)20(34-24(21)28-23(30)17-8-3-4-9-18(17)27)13-16-10-11-19(33-16)14-6-5-7-15(26)12-14/h3-13,29H,2H2,1H3/b20-13-,28-24?. The zero-order valence-electron chi connectivity index (χ0n) is 17.7. The molecule has 6 nitrogen and oxygen atoms in total. The molecule has 172 valence electrons. The molecule has 4 rings (SSSR count). The molecule has 1 aliphatic heterocycles. The minimum atomic E-state index is -0.791. The van der Waals surface area contributed by atoms with Gasteiger partial charge in [0, 0.05) is 10.6 Å². The van der Waals surface area contributed by atoms with Crippen LogP contribution in [0.2, 0.25) is 10.0 Å². The lowest BCUT2D eigenvalue weighted by Gasteiger charge is -2.04. The normalized spacial score (nSPS) is 15.9. The second-order valence-corrected chi connectivity index (χ2v) is 8.84. The molecule has 0 radical (unpaired) electrons. The van der Waals surface area contributed by atoms with E-state index in [1.54, 1.807) is 55.5 Å². The Kier molecular flexibility index (Phi) is 7.26. The van der Waals surface area contributed by atoms with E-state index in [2.05, 4.69) is 4.99 Å². The molecule has 9 heteroatoms. The zero-order chi connectivity index (χ0) is 24.2. The number of amides is 1. The summed E-state index contributed by atoms with van der Waals surface area (Å²) >= 11 is 13.1. The highest BCUT2D eigenvalue weighted by molar-refractivity contribution is 8.18. The first-order valence-corrected chi connectivity index (χ1v) is 11.7. The van der Waals surface area contributed by atoms with Gasteiger partial charge >= 0.3 is 5.97 Å². The molecule has 0 atom stereocenters. The van der Waals surface area contributed by atoms with E-state index in [4.69, 9.17) is 32.4 Å². The van der Waals surface area contributed by atoms with Gasteiger partial charge in [-0.25, -0.2) is 9.79 Å². The van der Waals surface area contributed by atoms with Gasteiger partial charge in [-0.1, -0.05) is 59.2 Å². The maximum absolute atomic E-state index is 12.7. The summed E-state index contributed by atoms with van der Waals surface area (Å²) in [6, 6.07) is 17.1. The van der Waals surface area contributed by atoms with Crippen LogP contribution in [0.25, 0.3) is 17.4 Å². The highest BCUT2D eigenvalue weighted by atomic mass is 35.5. The second kappa shape index (κ2) is 10.3. The molecule has 0 fully saturated rings. The number of halogens is 2. The van der Waals surface area contributed by atoms with Crippen molar-refractivity contribution in [3.63, 3.8) is 0 Å². The highest BCUT2D eigenvalue weighted by Gasteiger charge is 2.34. The maximum atomic E-state index is 12.7. The molecule has 2 aromatic carbocycles. The molecule has 0 unspecified atom stereocenters. The van der Waals surface area contributed by atoms with Crippen LogP contribution in [0.3, 0.4) is 0 Å². The predicted molar refractivity (Wildman–Crippen MR) is 134 cm³/mol.